The highest BCUT2D eigenvalue weighted by Crippen LogP contribution is 2.36. The van der Waals surface area contributed by atoms with Crippen LogP contribution in [0.4, 0.5) is 4.79 Å². The van der Waals surface area contributed by atoms with Crippen molar-refractivity contribution in [2.75, 3.05) is 13.1 Å². The quantitative estimate of drug-likeness (QED) is 0.600. The van der Waals surface area contributed by atoms with Crippen molar-refractivity contribution in [1.82, 2.24) is 14.2 Å². The topological polar surface area (TPSA) is 79.8 Å². The molecule has 166 valence electrons. The number of carbonyl (C=O) groups excluding carboxylic acids is 1. The summed E-state index contributed by atoms with van der Waals surface area (Å²) in [5.74, 6) is 0. The number of piperidine rings is 1. The van der Waals surface area contributed by atoms with Crippen molar-refractivity contribution in [2.24, 2.45) is 0 Å². The Morgan fingerprint density at radius 2 is 1.69 bits per heavy atom. The highest BCUT2D eigenvalue weighted by atomic mass is 32.2. The van der Waals surface area contributed by atoms with Crippen molar-refractivity contribution in [2.45, 2.75) is 42.8 Å². The number of aromatic nitrogens is 1. The standard InChI is InChI=1S/C24H25N3O4S/c1-17-23(19-7-3-2-4-8-19)31-24(28)27(17)20-12-15-26(16-13-20)32(29,30)21-11-5-9-18-10-6-14-25-22(18)21/h2-11,14,17,20,23H,12-13,15-16H2,1H3/t17-,23-/m1/s1. The number of carbonyl (C=O) groups is 1. The van der Waals surface area contributed by atoms with Crippen LogP contribution in [0.2, 0.25) is 0 Å². The lowest BCUT2D eigenvalue weighted by molar-refractivity contribution is 0.121. The highest BCUT2D eigenvalue weighted by molar-refractivity contribution is 7.89. The summed E-state index contributed by atoms with van der Waals surface area (Å²) in [5.41, 5.74) is 1.46. The van der Waals surface area contributed by atoms with E-state index in [-0.39, 0.29) is 29.2 Å². The smallest absolute Gasteiger partial charge is 0.411 e. The lowest BCUT2D eigenvalue weighted by atomic mass is 9.99. The van der Waals surface area contributed by atoms with Crippen LogP contribution in [0.25, 0.3) is 10.9 Å². The van der Waals surface area contributed by atoms with Crippen molar-refractivity contribution in [3.8, 4) is 0 Å². The minimum absolute atomic E-state index is 0.0525. The molecule has 2 saturated heterocycles. The van der Waals surface area contributed by atoms with E-state index in [9.17, 15) is 13.2 Å². The highest BCUT2D eigenvalue weighted by Gasteiger charge is 2.44. The zero-order chi connectivity index (χ0) is 22.3. The number of benzene rings is 2. The van der Waals surface area contributed by atoms with Crippen LogP contribution in [0.3, 0.4) is 0 Å². The van der Waals surface area contributed by atoms with Gasteiger partial charge in [0.1, 0.15) is 11.0 Å². The molecule has 8 heteroatoms. The average Bonchev–Trinajstić information content (AvgIpc) is 3.13. The lowest BCUT2D eigenvalue weighted by Gasteiger charge is -2.37. The van der Waals surface area contributed by atoms with Crippen LogP contribution in [-0.2, 0) is 14.8 Å². The third-order valence-electron chi connectivity index (χ3n) is 6.47. The fourth-order valence-corrected chi connectivity index (χ4v) is 6.47. The summed E-state index contributed by atoms with van der Waals surface area (Å²) in [6.45, 7) is 2.69. The van der Waals surface area contributed by atoms with Gasteiger partial charge in [-0.1, -0.05) is 48.5 Å². The number of hydrogen-bond acceptors (Lipinski definition) is 5. The second-order valence-corrected chi connectivity index (χ2v) is 10.2. The summed E-state index contributed by atoms with van der Waals surface area (Å²) >= 11 is 0. The van der Waals surface area contributed by atoms with Gasteiger partial charge in [-0.05, 0) is 37.5 Å². The van der Waals surface area contributed by atoms with E-state index in [0.29, 0.717) is 31.4 Å². The van der Waals surface area contributed by atoms with Gasteiger partial charge in [-0.3, -0.25) is 9.88 Å². The summed E-state index contributed by atoms with van der Waals surface area (Å²) in [6.07, 6.45) is 2.10. The first kappa shape index (κ1) is 20.9. The largest absolute Gasteiger partial charge is 0.439 e. The Morgan fingerprint density at radius 1 is 0.969 bits per heavy atom. The predicted molar refractivity (Wildman–Crippen MR) is 120 cm³/mol. The second kappa shape index (κ2) is 8.18. The molecule has 7 nitrogen and oxygen atoms in total. The van der Waals surface area contributed by atoms with E-state index in [4.69, 9.17) is 4.74 Å². The van der Waals surface area contributed by atoms with E-state index in [0.717, 1.165) is 10.9 Å². The molecular formula is C24H25N3O4S. The van der Waals surface area contributed by atoms with Crippen LogP contribution in [0, 0.1) is 0 Å². The summed E-state index contributed by atoms with van der Waals surface area (Å²) < 4.78 is 33.9. The Balaban J connectivity index is 1.32. The van der Waals surface area contributed by atoms with Gasteiger partial charge in [-0.25, -0.2) is 13.2 Å². The lowest BCUT2D eigenvalue weighted by Crippen LogP contribution is -2.49. The molecule has 2 aliphatic rings. The van der Waals surface area contributed by atoms with Gasteiger partial charge in [0.2, 0.25) is 10.0 Å². The first-order valence-electron chi connectivity index (χ1n) is 10.8. The molecule has 3 aromatic rings. The number of pyridine rings is 1. The molecule has 0 N–H and O–H groups in total. The second-order valence-electron chi connectivity index (χ2n) is 8.33. The first-order chi connectivity index (χ1) is 15.5. The van der Waals surface area contributed by atoms with Gasteiger partial charge < -0.3 is 4.74 Å². The van der Waals surface area contributed by atoms with Gasteiger partial charge in [0, 0.05) is 30.7 Å². The van der Waals surface area contributed by atoms with Gasteiger partial charge in [0.05, 0.1) is 11.6 Å². The van der Waals surface area contributed by atoms with E-state index in [1.54, 1.807) is 29.3 Å². The Labute approximate surface area is 187 Å². The Kier molecular flexibility index (Phi) is 5.35. The molecule has 0 bridgehead atoms. The monoisotopic (exact) mass is 451 g/mol. The van der Waals surface area contributed by atoms with E-state index in [1.165, 1.54) is 4.31 Å². The Morgan fingerprint density at radius 3 is 2.44 bits per heavy atom. The maximum atomic E-state index is 13.4. The van der Waals surface area contributed by atoms with Crippen LogP contribution in [0.5, 0.6) is 0 Å². The molecule has 2 aromatic carbocycles. The molecule has 1 amide bonds. The number of cyclic esters (lactones) is 1. The maximum absolute atomic E-state index is 13.4. The molecule has 2 fully saturated rings. The summed E-state index contributed by atoms with van der Waals surface area (Å²) in [5, 5.41) is 0.795. The molecule has 5 rings (SSSR count). The molecule has 2 aliphatic heterocycles. The number of sulfonamides is 1. The van der Waals surface area contributed by atoms with Crippen LogP contribution >= 0.6 is 0 Å². The normalized spacial score (nSPS) is 22.9. The Bertz CT molecular complexity index is 1240. The zero-order valence-electron chi connectivity index (χ0n) is 17.8. The van der Waals surface area contributed by atoms with Crippen LogP contribution < -0.4 is 0 Å². The number of fused-ring (bicyclic) bond motifs is 1. The third kappa shape index (κ3) is 3.53. The summed E-state index contributed by atoms with van der Waals surface area (Å²) in [4.78, 5) is 19.0. The van der Waals surface area contributed by atoms with Crippen molar-refractivity contribution in [1.29, 1.82) is 0 Å². The molecular weight excluding hydrogens is 426 g/mol. The van der Waals surface area contributed by atoms with E-state index < -0.39 is 10.0 Å². The molecule has 0 radical (unpaired) electrons. The number of rotatable bonds is 4. The maximum Gasteiger partial charge on any atom is 0.411 e. The molecule has 0 saturated carbocycles. The first-order valence-corrected chi connectivity index (χ1v) is 12.3. The molecule has 32 heavy (non-hydrogen) atoms. The molecule has 1 aromatic heterocycles. The fraction of sp³-hybridized carbons (Fsp3) is 0.333. The van der Waals surface area contributed by atoms with Crippen LogP contribution in [-0.4, -0.2) is 53.9 Å². The minimum atomic E-state index is -3.68. The van der Waals surface area contributed by atoms with Gasteiger partial charge in [-0.2, -0.15) is 4.31 Å². The summed E-state index contributed by atoms with van der Waals surface area (Å²) in [7, 11) is -3.68. The summed E-state index contributed by atoms with van der Waals surface area (Å²) in [6, 6.07) is 18.4. The Hall–Kier alpha value is -2.97. The van der Waals surface area contributed by atoms with Crippen molar-refractivity contribution < 1.29 is 17.9 Å². The number of para-hydroxylation sites is 1. The van der Waals surface area contributed by atoms with Crippen LogP contribution in [0.1, 0.15) is 31.4 Å². The predicted octanol–water partition coefficient (Wildman–Crippen LogP) is 3.97. The number of amides is 1. The van der Waals surface area contributed by atoms with Gasteiger partial charge in [0.15, 0.2) is 0 Å². The van der Waals surface area contributed by atoms with Crippen molar-refractivity contribution in [3.63, 3.8) is 0 Å². The molecule has 0 aliphatic carbocycles. The van der Waals surface area contributed by atoms with Gasteiger partial charge in [0.25, 0.3) is 0 Å². The van der Waals surface area contributed by atoms with E-state index >= 15 is 0 Å². The average molecular weight is 452 g/mol. The van der Waals surface area contributed by atoms with Gasteiger partial charge in [-0.15, -0.1) is 0 Å². The van der Waals surface area contributed by atoms with Gasteiger partial charge >= 0.3 is 6.09 Å². The van der Waals surface area contributed by atoms with E-state index in [1.807, 2.05) is 49.4 Å². The molecule has 2 atom stereocenters. The number of hydrogen-bond donors (Lipinski definition) is 0. The third-order valence-corrected chi connectivity index (χ3v) is 8.40. The molecule has 3 heterocycles. The van der Waals surface area contributed by atoms with Crippen LogP contribution in [0.15, 0.2) is 71.8 Å². The molecule has 0 unspecified atom stereocenters. The van der Waals surface area contributed by atoms with Crippen molar-refractivity contribution in [3.05, 3.63) is 72.4 Å². The SMILES string of the molecule is C[C@@H]1[C@H](c2ccccc2)OC(=O)N1C1CCN(S(=O)(=O)c2cccc3cccnc23)CC1. The molecule has 0 spiro atoms. The van der Waals surface area contributed by atoms with E-state index in [2.05, 4.69) is 4.98 Å². The number of ether oxygens (including phenoxy) is 1. The minimum Gasteiger partial charge on any atom is -0.439 e. The zero-order valence-corrected chi connectivity index (χ0v) is 18.6. The fourth-order valence-electron chi connectivity index (χ4n) is 4.84. The van der Waals surface area contributed by atoms with Crippen molar-refractivity contribution >= 4 is 27.0 Å². The number of nitrogens with zero attached hydrogens (tertiary/aromatic N) is 3.